The minimum absolute atomic E-state index is 0.723. The van der Waals surface area contributed by atoms with Gasteiger partial charge in [0.15, 0.2) is 0 Å². The van der Waals surface area contributed by atoms with Crippen molar-refractivity contribution < 1.29 is 0 Å². The van der Waals surface area contributed by atoms with Gasteiger partial charge in [-0.2, -0.15) is 5.10 Å². The van der Waals surface area contributed by atoms with E-state index in [1.165, 1.54) is 0 Å². The smallest absolute Gasteiger partial charge is 0.124 e. The summed E-state index contributed by atoms with van der Waals surface area (Å²) in [6.45, 7) is 0.723. The Kier molecular flexibility index (Phi) is 2.22. The van der Waals surface area contributed by atoms with Crippen LogP contribution in [0.25, 0.3) is 0 Å². The molecule has 2 rings (SSSR count). The molecule has 0 unspecified atom stereocenters. The number of aromatic nitrogens is 4. The summed E-state index contributed by atoms with van der Waals surface area (Å²) in [5, 5.41) is 7.31. The Morgan fingerprint density at radius 1 is 1.43 bits per heavy atom. The molecule has 1 N–H and O–H groups in total. The van der Waals surface area contributed by atoms with E-state index >= 15 is 0 Å². The summed E-state index contributed by atoms with van der Waals surface area (Å²) < 4.78 is 3.73. The third-order valence-electron chi connectivity index (χ3n) is 2.03. The molecule has 0 spiro atoms. The van der Waals surface area contributed by atoms with E-state index in [1.807, 2.05) is 30.9 Å². The third-order valence-corrected chi connectivity index (χ3v) is 2.03. The topological polar surface area (TPSA) is 47.7 Å². The van der Waals surface area contributed by atoms with Crippen LogP contribution in [-0.4, -0.2) is 19.3 Å². The highest BCUT2D eigenvalue weighted by molar-refractivity contribution is 5.33. The van der Waals surface area contributed by atoms with Crippen molar-refractivity contribution in [2.45, 2.75) is 6.54 Å². The van der Waals surface area contributed by atoms with Gasteiger partial charge in [-0.05, 0) is 0 Å². The third kappa shape index (κ3) is 1.76. The van der Waals surface area contributed by atoms with Gasteiger partial charge in [-0.15, -0.1) is 0 Å². The lowest BCUT2D eigenvalue weighted by molar-refractivity contribution is 0.768. The quantitative estimate of drug-likeness (QED) is 0.779. The lowest BCUT2D eigenvalue weighted by Gasteiger charge is -2.03. The van der Waals surface area contributed by atoms with Crippen LogP contribution in [0.5, 0.6) is 0 Å². The summed E-state index contributed by atoms with van der Waals surface area (Å²) in [7, 11) is 3.86. The predicted molar refractivity (Wildman–Crippen MR) is 53.7 cm³/mol. The first-order valence-electron chi connectivity index (χ1n) is 4.44. The lowest BCUT2D eigenvalue weighted by atomic mass is 10.4. The minimum atomic E-state index is 0.723. The van der Waals surface area contributed by atoms with E-state index in [0.717, 1.165) is 18.1 Å². The van der Waals surface area contributed by atoms with Crippen molar-refractivity contribution in [1.82, 2.24) is 19.3 Å². The molecular formula is C9H13N5. The lowest BCUT2D eigenvalue weighted by Crippen LogP contribution is -2.04. The molecule has 0 bridgehead atoms. The molecule has 0 aliphatic carbocycles. The van der Waals surface area contributed by atoms with Crippen molar-refractivity contribution in [2.75, 3.05) is 5.32 Å². The van der Waals surface area contributed by atoms with Crippen molar-refractivity contribution in [3.8, 4) is 0 Å². The Labute approximate surface area is 82.4 Å². The van der Waals surface area contributed by atoms with Crippen LogP contribution >= 0.6 is 0 Å². The molecule has 0 saturated carbocycles. The zero-order valence-corrected chi connectivity index (χ0v) is 8.31. The molecule has 0 aliphatic heterocycles. The van der Waals surface area contributed by atoms with Crippen LogP contribution in [0.15, 0.2) is 24.8 Å². The number of nitrogens with zero attached hydrogens (tertiary/aromatic N) is 4. The average Bonchev–Trinajstić information content (AvgIpc) is 2.72. The minimum Gasteiger partial charge on any atom is -0.365 e. The van der Waals surface area contributed by atoms with Crippen molar-refractivity contribution in [1.29, 1.82) is 0 Å². The number of hydrogen-bond donors (Lipinski definition) is 1. The van der Waals surface area contributed by atoms with Gasteiger partial charge >= 0.3 is 0 Å². The molecule has 2 aromatic heterocycles. The van der Waals surface area contributed by atoms with Crippen molar-refractivity contribution in [3.05, 3.63) is 30.5 Å². The Bertz CT molecular complexity index is 414. The van der Waals surface area contributed by atoms with Gasteiger partial charge in [-0.25, -0.2) is 4.98 Å². The van der Waals surface area contributed by atoms with Crippen LogP contribution in [0.4, 0.5) is 5.82 Å². The van der Waals surface area contributed by atoms with Crippen molar-refractivity contribution >= 4 is 5.82 Å². The van der Waals surface area contributed by atoms with Crippen molar-refractivity contribution in [3.63, 3.8) is 0 Å². The molecule has 0 fully saturated rings. The predicted octanol–water partition coefficient (Wildman–Crippen LogP) is 0.766. The van der Waals surface area contributed by atoms with Gasteiger partial charge in [0, 0.05) is 26.4 Å². The molecule has 0 amide bonds. The van der Waals surface area contributed by atoms with Crippen LogP contribution in [0.1, 0.15) is 5.69 Å². The standard InChI is InChI=1S/C9H13N5/c1-13-6-8(11-7-13)5-10-9-3-4-12-14(9)2/h3-4,6-7,10H,5H2,1-2H3. The van der Waals surface area contributed by atoms with Gasteiger partial charge in [0.05, 0.1) is 24.8 Å². The number of aryl methyl sites for hydroxylation is 2. The SMILES string of the molecule is Cn1cnc(CNc2ccnn2C)c1. The van der Waals surface area contributed by atoms with Gasteiger partial charge in [0.25, 0.3) is 0 Å². The van der Waals surface area contributed by atoms with E-state index in [9.17, 15) is 0 Å². The number of hydrogen-bond acceptors (Lipinski definition) is 3. The molecule has 0 atom stereocenters. The average molecular weight is 191 g/mol. The second-order valence-corrected chi connectivity index (χ2v) is 3.22. The highest BCUT2D eigenvalue weighted by atomic mass is 15.3. The fourth-order valence-electron chi connectivity index (χ4n) is 1.29. The molecule has 0 saturated heterocycles. The van der Waals surface area contributed by atoms with E-state index in [4.69, 9.17) is 0 Å². The molecule has 5 nitrogen and oxygen atoms in total. The van der Waals surface area contributed by atoms with Crippen LogP contribution in [-0.2, 0) is 20.6 Å². The first-order valence-corrected chi connectivity index (χ1v) is 4.44. The molecular weight excluding hydrogens is 178 g/mol. The van der Waals surface area contributed by atoms with Gasteiger partial charge < -0.3 is 9.88 Å². The van der Waals surface area contributed by atoms with E-state index in [1.54, 1.807) is 17.2 Å². The Morgan fingerprint density at radius 2 is 2.29 bits per heavy atom. The molecule has 0 aliphatic rings. The normalized spacial score (nSPS) is 10.4. The van der Waals surface area contributed by atoms with E-state index in [-0.39, 0.29) is 0 Å². The van der Waals surface area contributed by atoms with Gasteiger partial charge in [0.1, 0.15) is 5.82 Å². The summed E-state index contributed by atoms with van der Waals surface area (Å²) in [4.78, 5) is 4.22. The second-order valence-electron chi connectivity index (χ2n) is 3.22. The van der Waals surface area contributed by atoms with Gasteiger partial charge in [-0.3, -0.25) is 4.68 Å². The van der Waals surface area contributed by atoms with Crippen LogP contribution < -0.4 is 5.32 Å². The zero-order chi connectivity index (χ0) is 9.97. The summed E-state index contributed by atoms with van der Waals surface area (Å²) in [6, 6.07) is 1.93. The molecule has 2 aromatic rings. The maximum atomic E-state index is 4.22. The van der Waals surface area contributed by atoms with Crippen molar-refractivity contribution in [2.24, 2.45) is 14.1 Å². The van der Waals surface area contributed by atoms with E-state index < -0.39 is 0 Å². The highest BCUT2D eigenvalue weighted by Crippen LogP contribution is 2.05. The fraction of sp³-hybridized carbons (Fsp3) is 0.333. The Hall–Kier alpha value is -1.78. The second kappa shape index (κ2) is 3.53. The number of nitrogens with one attached hydrogen (secondary N) is 1. The molecule has 14 heavy (non-hydrogen) atoms. The number of anilines is 1. The van der Waals surface area contributed by atoms with Crippen LogP contribution in [0, 0.1) is 0 Å². The maximum Gasteiger partial charge on any atom is 0.124 e. The van der Waals surface area contributed by atoms with Crippen LogP contribution in [0.3, 0.4) is 0 Å². The van der Waals surface area contributed by atoms with Gasteiger partial charge in [-0.1, -0.05) is 0 Å². The van der Waals surface area contributed by atoms with Crippen LogP contribution in [0.2, 0.25) is 0 Å². The molecule has 0 aromatic carbocycles. The zero-order valence-electron chi connectivity index (χ0n) is 8.31. The van der Waals surface area contributed by atoms with E-state index in [0.29, 0.717) is 0 Å². The molecule has 74 valence electrons. The Morgan fingerprint density at radius 3 is 2.86 bits per heavy atom. The fourth-order valence-corrected chi connectivity index (χ4v) is 1.29. The molecule has 2 heterocycles. The summed E-state index contributed by atoms with van der Waals surface area (Å²) in [5.41, 5.74) is 1.02. The maximum absolute atomic E-state index is 4.22. The first-order chi connectivity index (χ1) is 6.75. The monoisotopic (exact) mass is 191 g/mol. The highest BCUT2D eigenvalue weighted by Gasteiger charge is 1.99. The van der Waals surface area contributed by atoms with Gasteiger partial charge in [0.2, 0.25) is 0 Å². The summed E-state index contributed by atoms with van der Waals surface area (Å²) in [6.07, 6.45) is 5.55. The summed E-state index contributed by atoms with van der Waals surface area (Å²) >= 11 is 0. The number of rotatable bonds is 3. The number of imidazole rings is 1. The molecule has 5 heteroatoms. The largest absolute Gasteiger partial charge is 0.365 e. The Balaban J connectivity index is 1.98. The first kappa shape index (κ1) is 8.80. The van der Waals surface area contributed by atoms with E-state index in [2.05, 4.69) is 15.4 Å². The summed E-state index contributed by atoms with van der Waals surface area (Å²) in [5.74, 6) is 0.996. The molecule has 0 radical (unpaired) electrons.